The van der Waals surface area contributed by atoms with Crippen molar-refractivity contribution in [1.29, 1.82) is 0 Å². The van der Waals surface area contributed by atoms with Gasteiger partial charge in [-0.3, -0.25) is 9.59 Å². The van der Waals surface area contributed by atoms with Crippen molar-refractivity contribution < 1.29 is 29.0 Å². The Bertz CT molecular complexity index is 1030. The first-order valence-electron chi connectivity index (χ1n) is 12.1. The number of carboxylic acid groups (broad SMARTS) is 1. The number of alkyl carbamates (subject to hydrolysis) is 1. The molecule has 2 aromatic carbocycles. The molecular formula is C27H32N2O6. The number of nitrogens with zero attached hydrogens (tertiary/aromatic N) is 1. The second-order valence-corrected chi connectivity index (χ2v) is 9.11. The highest BCUT2D eigenvalue weighted by atomic mass is 16.5. The number of carboxylic acids is 1. The van der Waals surface area contributed by atoms with E-state index < -0.39 is 30.6 Å². The molecule has 0 aromatic heterocycles. The van der Waals surface area contributed by atoms with E-state index in [2.05, 4.69) is 29.6 Å². The monoisotopic (exact) mass is 480 g/mol. The maximum Gasteiger partial charge on any atom is 0.407 e. The Morgan fingerprint density at radius 2 is 1.63 bits per heavy atom. The summed E-state index contributed by atoms with van der Waals surface area (Å²) in [7, 11) is 1.51. The summed E-state index contributed by atoms with van der Waals surface area (Å²) in [5, 5.41) is 12.1. The highest BCUT2D eigenvalue weighted by molar-refractivity contribution is 5.84. The molecule has 0 unspecified atom stereocenters. The third-order valence-electron chi connectivity index (χ3n) is 6.93. The van der Waals surface area contributed by atoms with Crippen molar-refractivity contribution in [2.45, 2.75) is 37.6 Å². The van der Waals surface area contributed by atoms with Crippen LogP contribution < -0.4 is 5.32 Å². The molecule has 0 spiro atoms. The first-order chi connectivity index (χ1) is 17.0. The van der Waals surface area contributed by atoms with E-state index in [0.29, 0.717) is 12.8 Å². The van der Waals surface area contributed by atoms with Gasteiger partial charge in [-0.25, -0.2) is 4.79 Å². The lowest BCUT2D eigenvalue weighted by Crippen LogP contribution is -2.51. The van der Waals surface area contributed by atoms with Crippen LogP contribution in [0.5, 0.6) is 0 Å². The van der Waals surface area contributed by atoms with Crippen molar-refractivity contribution in [3.63, 3.8) is 0 Å². The van der Waals surface area contributed by atoms with Crippen LogP contribution in [0.1, 0.15) is 42.7 Å². The Hall–Kier alpha value is -3.39. The van der Waals surface area contributed by atoms with Crippen LogP contribution in [0.3, 0.4) is 0 Å². The quantitative estimate of drug-likeness (QED) is 0.568. The van der Waals surface area contributed by atoms with Gasteiger partial charge in [0.05, 0.1) is 12.5 Å². The highest BCUT2D eigenvalue weighted by Crippen LogP contribution is 2.44. The lowest BCUT2D eigenvalue weighted by atomic mass is 9.83. The fourth-order valence-corrected chi connectivity index (χ4v) is 5.26. The van der Waals surface area contributed by atoms with Crippen LogP contribution in [0.15, 0.2) is 48.5 Å². The van der Waals surface area contributed by atoms with E-state index in [1.165, 1.54) is 12.0 Å². The van der Waals surface area contributed by atoms with E-state index in [0.717, 1.165) is 35.1 Å². The number of hydrogen-bond acceptors (Lipinski definition) is 5. The largest absolute Gasteiger partial charge is 0.480 e. The fourth-order valence-electron chi connectivity index (χ4n) is 5.26. The molecule has 0 bridgehead atoms. The van der Waals surface area contributed by atoms with Gasteiger partial charge in [0, 0.05) is 25.6 Å². The van der Waals surface area contributed by atoms with Crippen LogP contribution in [0.4, 0.5) is 4.79 Å². The topological polar surface area (TPSA) is 105 Å². The second-order valence-electron chi connectivity index (χ2n) is 9.11. The van der Waals surface area contributed by atoms with Crippen LogP contribution >= 0.6 is 0 Å². The van der Waals surface area contributed by atoms with Crippen molar-refractivity contribution in [2.24, 2.45) is 5.92 Å². The lowest BCUT2D eigenvalue weighted by molar-refractivity contribution is -0.147. The fraction of sp³-hybridized carbons (Fsp3) is 0.444. The SMILES string of the molecule is COCCN(CC(=O)O)C(=O)[C@H]1CCCC[C@H]1NC(=O)OCC1c2ccccc2-c2ccccc21. The summed E-state index contributed by atoms with van der Waals surface area (Å²) >= 11 is 0. The molecule has 186 valence electrons. The van der Waals surface area contributed by atoms with Crippen molar-refractivity contribution >= 4 is 18.0 Å². The zero-order chi connectivity index (χ0) is 24.8. The Morgan fingerprint density at radius 3 is 2.26 bits per heavy atom. The Morgan fingerprint density at radius 1 is 1.00 bits per heavy atom. The molecule has 0 heterocycles. The summed E-state index contributed by atoms with van der Waals surface area (Å²) < 4.78 is 10.7. The number of fused-ring (bicyclic) bond motifs is 3. The van der Waals surface area contributed by atoms with Gasteiger partial charge in [0.15, 0.2) is 0 Å². The van der Waals surface area contributed by atoms with Crippen LogP contribution in [-0.2, 0) is 19.1 Å². The smallest absolute Gasteiger partial charge is 0.407 e. The van der Waals surface area contributed by atoms with E-state index in [1.54, 1.807) is 0 Å². The molecule has 8 heteroatoms. The van der Waals surface area contributed by atoms with Gasteiger partial charge in [0.25, 0.3) is 0 Å². The molecule has 2 atom stereocenters. The number of carbonyl (C=O) groups excluding carboxylic acids is 2. The zero-order valence-corrected chi connectivity index (χ0v) is 19.9. The van der Waals surface area contributed by atoms with Crippen molar-refractivity contribution in [3.05, 3.63) is 59.7 Å². The highest BCUT2D eigenvalue weighted by Gasteiger charge is 2.36. The molecule has 2 aromatic rings. The average Bonchev–Trinajstić information content (AvgIpc) is 3.19. The minimum absolute atomic E-state index is 0.0444. The molecule has 1 saturated carbocycles. The second kappa shape index (κ2) is 11.4. The molecule has 2 N–H and O–H groups in total. The predicted molar refractivity (Wildman–Crippen MR) is 130 cm³/mol. The summed E-state index contributed by atoms with van der Waals surface area (Å²) in [5.41, 5.74) is 4.58. The molecule has 35 heavy (non-hydrogen) atoms. The molecule has 0 aliphatic heterocycles. The summed E-state index contributed by atoms with van der Waals surface area (Å²) in [5.74, 6) is -1.88. The normalized spacial score (nSPS) is 18.9. The summed E-state index contributed by atoms with van der Waals surface area (Å²) in [6, 6.07) is 15.9. The van der Waals surface area contributed by atoms with E-state index in [4.69, 9.17) is 9.47 Å². The van der Waals surface area contributed by atoms with Crippen LogP contribution in [-0.4, -0.2) is 67.4 Å². The van der Waals surface area contributed by atoms with Gasteiger partial charge < -0.3 is 24.8 Å². The number of aliphatic carboxylic acids is 1. The molecule has 2 aliphatic carbocycles. The lowest BCUT2D eigenvalue weighted by Gasteiger charge is -2.34. The van der Waals surface area contributed by atoms with Crippen LogP contribution in [0.2, 0.25) is 0 Å². The minimum atomic E-state index is -1.08. The minimum Gasteiger partial charge on any atom is -0.480 e. The number of methoxy groups -OCH3 is 1. The number of ether oxygens (including phenoxy) is 2. The number of carbonyl (C=O) groups is 3. The van der Waals surface area contributed by atoms with Gasteiger partial charge in [0.1, 0.15) is 13.2 Å². The van der Waals surface area contributed by atoms with Gasteiger partial charge in [-0.05, 0) is 35.1 Å². The maximum absolute atomic E-state index is 13.2. The number of amides is 2. The Labute approximate surface area is 205 Å². The number of hydrogen-bond donors (Lipinski definition) is 2. The average molecular weight is 481 g/mol. The molecule has 4 rings (SSSR count). The third kappa shape index (κ3) is 5.65. The summed E-state index contributed by atoms with van der Waals surface area (Å²) in [4.78, 5) is 38.6. The third-order valence-corrected chi connectivity index (χ3v) is 6.93. The zero-order valence-electron chi connectivity index (χ0n) is 19.9. The Balaban J connectivity index is 1.40. The number of rotatable bonds is 9. The predicted octanol–water partition coefficient (Wildman–Crippen LogP) is 3.64. The first kappa shape index (κ1) is 24.7. The van der Waals surface area contributed by atoms with E-state index in [9.17, 15) is 19.5 Å². The van der Waals surface area contributed by atoms with Gasteiger partial charge in [-0.15, -0.1) is 0 Å². The number of nitrogens with one attached hydrogen (secondary N) is 1. The summed E-state index contributed by atoms with van der Waals surface area (Å²) in [6.45, 7) is 0.243. The van der Waals surface area contributed by atoms with Crippen molar-refractivity contribution in [3.8, 4) is 11.1 Å². The van der Waals surface area contributed by atoms with Crippen molar-refractivity contribution in [2.75, 3.05) is 33.4 Å². The molecular weight excluding hydrogens is 448 g/mol. The van der Waals surface area contributed by atoms with Gasteiger partial charge >= 0.3 is 12.1 Å². The molecule has 2 aliphatic rings. The van der Waals surface area contributed by atoms with Crippen LogP contribution in [0, 0.1) is 5.92 Å². The van der Waals surface area contributed by atoms with Crippen LogP contribution in [0.25, 0.3) is 11.1 Å². The molecule has 0 radical (unpaired) electrons. The van der Waals surface area contributed by atoms with E-state index in [1.807, 2.05) is 24.3 Å². The van der Waals surface area contributed by atoms with Crippen molar-refractivity contribution in [1.82, 2.24) is 10.2 Å². The van der Waals surface area contributed by atoms with Gasteiger partial charge in [-0.1, -0.05) is 61.4 Å². The summed E-state index contributed by atoms with van der Waals surface area (Å²) in [6.07, 6.45) is 2.42. The molecule has 1 fully saturated rings. The maximum atomic E-state index is 13.2. The Kier molecular flexibility index (Phi) is 8.02. The standard InChI is InChI=1S/C27H32N2O6/c1-34-15-14-29(16-25(30)31)26(32)22-12-6-7-13-24(22)28-27(33)35-17-23-20-10-4-2-8-18(20)19-9-3-5-11-21(19)23/h2-5,8-11,22-24H,6-7,12-17H2,1H3,(H,28,33)(H,30,31)/t22-,24+/m0/s1. The van der Waals surface area contributed by atoms with E-state index in [-0.39, 0.29) is 31.6 Å². The van der Waals surface area contributed by atoms with E-state index >= 15 is 0 Å². The number of benzene rings is 2. The molecule has 8 nitrogen and oxygen atoms in total. The molecule has 0 saturated heterocycles. The molecule has 2 amide bonds. The van der Waals surface area contributed by atoms with Gasteiger partial charge in [0.2, 0.25) is 5.91 Å². The van der Waals surface area contributed by atoms with Gasteiger partial charge in [-0.2, -0.15) is 0 Å². The first-order valence-corrected chi connectivity index (χ1v) is 12.1.